The number of halogens is 2. The summed E-state index contributed by atoms with van der Waals surface area (Å²) < 4.78 is 0. The maximum atomic E-state index is 5.97. The van der Waals surface area contributed by atoms with E-state index in [9.17, 15) is 0 Å². The Kier molecular flexibility index (Phi) is 12.1. The molecule has 0 saturated carbocycles. The molecule has 0 fully saturated rings. The van der Waals surface area contributed by atoms with Crippen LogP contribution in [-0.4, -0.2) is 5.43 Å². The van der Waals surface area contributed by atoms with Gasteiger partial charge in [0.05, 0.1) is 0 Å². The Bertz CT molecular complexity index is 981. The van der Waals surface area contributed by atoms with Gasteiger partial charge >= 0.3 is 82.5 Å². The minimum absolute atomic E-state index is 0.304. The molecule has 33 heavy (non-hydrogen) atoms. The van der Waals surface area contributed by atoms with E-state index in [0.29, 0.717) is 10.8 Å². The molecule has 0 amide bonds. The Labute approximate surface area is 218 Å². The number of hydrogen-bond donors (Lipinski definition) is 0. The molecule has 0 atom stereocenters. The molecule has 0 bridgehead atoms. The predicted molar refractivity (Wildman–Crippen MR) is 150 cm³/mol. The van der Waals surface area contributed by atoms with E-state index < -0.39 is 23.4 Å². The van der Waals surface area contributed by atoms with Crippen LogP contribution >= 0.6 is 17.0 Å². The molecular weight excluding hydrogens is 539 g/mol. The monoisotopic (exact) mass is 578 g/mol. The molecule has 0 nitrogen and oxygen atoms in total. The molecule has 0 saturated heterocycles. The third-order valence-electron chi connectivity index (χ3n) is 5.59. The van der Waals surface area contributed by atoms with Crippen LogP contribution in [0.3, 0.4) is 0 Å². The van der Waals surface area contributed by atoms with Gasteiger partial charge in [0.25, 0.3) is 0 Å². The van der Waals surface area contributed by atoms with E-state index in [4.69, 9.17) is 17.0 Å². The number of hydrogen-bond acceptors (Lipinski definition) is 0. The smallest absolute Gasteiger partial charge is 0.0632 e. The Balaban J connectivity index is 0.000000247. The van der Waals surface area contributed by atoms with Crippen LogP contribution in [0.15, 0.2) is 54.6 Å². The molecule has 0 radical (unpaired) electrons. The van der Waals surface area contributed by atoms with Crippen molar-refractivity contribution in [3.05, 3.63) is 88.0 Å². The zero-order valence-electron chi connectivity index (χ0n) is 22.5. The number of aryl methyl sites for hydroxylation is 4. The predicted octanol–water partition coefficient (Wildman–Crippen LogP) is 9.08. The first-order valence-electron chi connectivity index (χ1n) is 11.6. The average Bonchev–Trinajstić information content (AvgIpc) is 3.22. The Hall–Kier alpha value is -0.400. The van der Waals surface area contributed by atoms with E-state index in [2.05, 4.69) is 112 Å². The zero-order chi connectivity index (χ0) is 25.6. The molecule has 0 unspecified atom stereocenters. The molecule has 4 heteroatoms. The van der Waals surface area contributed by atoms with Gasteiger partial charge in [-0.15, -0.1) is 0 Å². The van der Waals surface area contributed by atoms with E-state index in [1.54, 1.807) is 0 Å². The number of rotatable bonds is 1. The van der Waals surface area contributed by atoms with Crippen LogP contribution in [0.1, 0.15) is 74.9 Å². The second kappa shape index (κ2) is 13.1. The van der Waals surface area contributed by atoms with E-state index in [-0.39, 0.29) is 0 Å². The summed E-state index contributed by atoms with van der Waals surface area (Å²) in [5.74, 6) is 0. The first-order chi connectivity index (χ1) is 15.0. The summed E-state index contributed by atoms with van der Waals surface area (Å²) >= 11 is -1.95. The van der Waals surface area contributed by atoms with Gasteiger partial charge in [0.15, 0.2) is 0 Å². The summed E-state index contributed by atoms with van der Waals surface area (Å²) in [5.41, 5.74) is 8.63. The molecule has 0 aliphatic rings. The van der Waals surface area contributed by atoms with Crippen LogP contribution in [0.4, 0.5) is 0 Å². The minimum Gasteiger partial charge on any atom is -0.207 e. The van der Waals surface area contributed by atoms with Crippen molar-refractivity contribution < 1.29 is 18.0 Å². The average molecular weight is 581 g/mol. The maximum Gasteiger partial charge on any atom is -0.0632 e. The molecule has 0 N–H and O–H groups in total. The summed E-state index contributed by atoms with van der Waals surface area (Å²) in [4.78, 5) is 0. The molecule has 0 aliphatic carbocycles. The van der Waals surface area contributed by atoms with E-state index in [0.717, 1.165) is 0 Å². The quantitative estimate of drug-likeness (QED) is 0.199. The zero-order valence-corrected chi connectivity index (χ0v) is 27.4. The Morgan fingerprint density at radius 3 is 1.27 bits per heavy atom. The number of benzene rings is 1. The topological polar surface area (TPSA) is 0 Å². The van der Waals surface area contributed by atoms with E-state index >= 15 is 0 Å². The van der Waals surface area contributed by atoms with Crippen LogP contribution in [-0.2, 0) is 28.8 Å². The summed E-state index contributed by atoms with van der Waals surface area (Å²) in [7, 11) is 11.9. The van der Waals surface area contributed by atoms with Crippen LogP contribution in [0.25, 0.3) is 0 Å². The van der Waals surface area contributed by atoms with Crippen molar-refractivity contribution in [2.24, 2.45) is 0 Å². The van der Waals surface area contributed by atoms with Crippen molar-refractivity contribution >= 4 is 27.6 Å². The molecule has 0 aliphatic heterocycles. The van der Waals surface area contributed by atoms with Crippen LogP contribution in [0.2, 0.25) is 6.55 Å². The summed E-state index contributed by atoms with van der Waals surface area (Å²) in [6.45, 7) is 24.4. The SMILES string of the molecule is C[Si](c1ccccc1)=[Zr]([Cl])[Cl].Cc1cc(C(C)(C)C)c(C)[cH-]1.Cc1cc(C(C)(C)C)c(C)[cH-]1. The third kappa shape index (κ3) is 10.4. The van der Waals surface area contributed by atoms with Crippen LogP contribution in [0.5, 0.6) is 0 Å². The Morgan fingerprint density at radius 2 is 1.06 bits per heavy atom. The maximum absolute atomic E-state index is 5.97. The van der Waals surface area contributed by atoms with Gasteiger partial charge in [-0.25, -0.2) is 12.1 Å². The summed E-state index contributed by atoms with van der Waals surface area (Å²) in [5, 5.41) is 1.37. The van der Waals surface area contributed by atoms with Crippen LogP contribution in [0, 0.1) is 27.7 Å². The van der Waals surface area contributed by atoms with Gasteiger partial charge < -0.3 is 0 Å². The van der Waals surface area contributed by atoms with Crippen molar-refractivity contribution in [2.75, 3.05) is 0 Å². The van der Waals surface area contributed by atoms with Crippen molar-refractivity contribution in [2.45, 2.75) is 86.6 Å². The van der Waals surface area contributed by atoms with Crippen molar-refractivity contribution in [1.82, 2.24) is 0 Å². The molecule has 182 valence electrons. The van der Waals surface area contributed by atoms with Gasteiger partial charge in [-0.1, -0.05) is 80.1 Å². The second-order valence-electron chi connectivity index (χ2n) is 11.0. The van der Waals surface area contributed by atoms with Crippen molar-refractivity contribution in [1.29, 1.82) is 0 Å². The van der Waals surface area contributed by atoms with E-state index in [1.165, 1.54) is 38.6 Å². The molecule has 0 heterocycles. The normalized spacial score (nSPS) is 11.2. The third-order valence-corrected chi connectivity index (χ3v) is 23.7. The van der Waals surface area contributed by atoms with Gasteiger partial charge in [-0.05, 0) is 0 Å². The van der Waals surface area contributed by atoms with Gasteiger partial charge in [0.2, 0.25) is 0 Å². The standard InChI is InChI=1S/2C11H17.C7H8Si.2ClH.Zr/c2*1-8-6-9(2)10(7-8)11(3,4)5;1-8-7-5-3-2-4-6-7;;;/h2*6-7H,1-5H3;2-6H,1H3;2*1H;/q2*-1;;;;+2/p-2. The fourth-order valence-electron chi connectivity index (χ4n) is 4.02. The first kappa shape index (κ1) is 30.6. The van der Waals surface area contributed by atoms with Gasteiger partial charge in [0, 0.05) is 0 Å². The van der Waals surface area contributed by atoms with Crippen molar-refractivity contribution in [3.63, 3.8) is 0 Å². The molecule has 3 rings (SSSR count). The van der Waals surface area contributed by atoms with Gasteiger partial charge in [0.1, 0.15) is 0 Å². The molecular formula is C29H42Cl2SiZr-2. The molecule has 3 aromatic carbocycles. The molecule has 0 aromatic heterocycles. The largest absolute Gasteiger partial charge is 0.207 e. The Morgan fingerprint density at radius 1 is 0.697 bits per heavy atom. The second-order valence-corrected chi connectivity index (χ2v) is 32.0. The summed E-state index contributed by atoms with van der Waals surface area (Å²) in [6.07, 6.45) is 0. The van der Waals surface area contributed by atoms with Gasteiger partial charge in [-0.2, -0.15) is 45.5 Å². The van der Waals surface area contributed by atoms with E-state index in [1.807, 2.05) is 18.2 Å². The van der Waals surface area contributed by atoms with Gasteiger partial charge in [-0.3, -0.25) is 0 Å². The van der Waals surface area contributed by atoms with Crippen LogP contribution < -0.4 is 5.19 Å². The fourth-order valence-corrected chi connectivity index (χ4v) is 11.6. The minimum atomic E-state index is -1.95. The summed E-state index contributed by atoms with van der Waals surface area (Å²) in [6, 6.07) is 19.4. The fraction of sp³-hybridized carbons (Fsp3) is 0.448. The molecule has 3 aromatic rings. The molecule has 0 spiro atoms. The van der Waals surface area contributed by atoms with Crippen molar-refractivity contribution in [3.8, 4) is 0 Å². The first-order valence-corrected chi connectivity index (χ1v) is 23.6.